The molecule has 0 saturated heterocycles. The average molecular weight is 378 g/mol. The van der Waals surface area contributed by atoms with Crippen LogP contribution in [-0.4, -0.2) is 68.3 Å². The van der Waals surface area contributed by atoms with E-state index in [-0.39, 0.29) is 0 Å². The van der Waals surface area contributed by atoms with Crippen molar-refractivity contribution in [2.45, 2.75) is 4.90 Å². The number of hydrogen-bond acceptors (Lipinski definition) is 7. The van der Waals surface area contributed by atoms with Gasteiger partial charge in [-0.15, -0.1) is 0 Å². The molecule has 0 radical (unpaired) electrons. The molecular formula is C11H6O13S. The van der Waals surface area contributed by atoms with Crippen molar-refractivity contribution in [3.63, 3.8) is 0 Å². The molecule has 0 aromatic heterocycles. The Labute approximate surface area is 136 Å². The maximum Gasteiger partial charge on any atom is 0.338 e. The van der Waals surface area contributed by atoms with Gasteiger partial charge in [0.1, 0.15) is 4.90 Å². The summed E-state index contributed by atoms with van der Waals surface area (Å²) in [6.45, 7) is 0. The molecule has 6 N–H and O–H groups in total. The maximum absolute atomic E-state index is 11.4. The Bertz CT molecular complexity index is 900. The molecule has 25 heavy (non-hydrogen) atoms. The fraction of sp³-hybridized carbons (Fsp3) is 0. The lowest BCUT2D eigenvalue weighted by molar-refractivity contribution is 0.0604. The van der Waals surface area contributed by atoms with Crippen molar-refractivity contribution in [1.82, 2.24) is 0 Å². The van der Waals surface area contributed by atoms with Crippen LogP contribution in [0.1, 0.15) is 51.8 Å². The second-order valence-corrected chi connectivity index (χ2v) is 5.56. The predicted octanol–water partition coefficient (Wildman–Crippen LogP) is -0.576. The first-order valence-corrected chi connectivity index (χ1v) is 7.05. The standard InChI is InChI=1S/C11H6O13S/c12-7(13)1-2(8(14)15)4(10(18)19)6(25(22,23)24)5(11(20)21)3(1)9(16)17/h(H,12,13)(H,14,15)(H,16,17)(H,18,19)(H,20,21)(H,22,23,24). The lowest BCUT2D eigenvalue weighted by Crippen LogP contribution is -2.27. The van der Waals surface area contributed by atoms with E-state index < -0.39 is 72.7 Å². The minimum absolute atomic E-state index is 1.78. The lowest BCUT2D eigenvalue weighted by atomic mass is 9.90. The molecule has 0 aliphatic heterocycles. The van der Waals surface area contributed by atoms with Crippen LogP contribution in [0, 0.1) is 0 Å². The molecule has 0 saturated carbocycles. The zero-order valence-corrected chi connectivity index (χ0v) is 12.3. The summed E-state index contributed by atoms with van der Waals surface area (Å²) in [4.78, 5) is 54.2. The summed E-state index contributed by atoms with van der Waals surface area (Å²) in [5.41, 5.74) is -9.24. The van der Waals surface area contributed by atoms with Crippen molar-refractivity contribution in [1.29, 1.82) is 0 Å². The molecule has 13 nitrogen and oxygen atoms in total. The molecule has 0 spiro atoms. The van der Waals surface area contributed by atoms with Crippen molar-refractivity contribution in [3.05, 3.63) is 27.8 Å². The topological polar surface area (TPSA) is 241 Å². The third kappa shape index (κ3) is 3.24. The first kappa shape index (κ1) is 19.5. The van der Waals surface area contributed by atoms with E-state index >= 15 is 0 Å². The predicted molar refractivity (Wildman–Crippen MR) is 71.1 cm³/mol. The summed E-state index contributed by atoms with van der Waals surface area (Å²) in [6, 6.07) is 0. The SMILES string of the molecule is O=C(O)c1c(C(=O)O)c(C(=O)O)c(S(=O)(=O)O)c(C(=O)O)c1C(=O)O. The molecule has 0 unspecified atom stereocenters. The number of benzene rings is 1. The summed E-state index contributed by atoms with van der Waals surface area (Å²) in [5, 5.41) is 45.1. The molecule has 1 aromatic carbocycles. The highest BCUT2D eigenvalue weighted by molar-refractivity contribution is 7.86. The van der Waals surface area contributed by atoms with Crippen LogP contribution >= 0.6 is 0 Å². The van der Waals surface area contributed by atoms with Crippen molar-refractivity contribution in [3.8, 4) is 0 Å². The Morgan fingerprint density at radius 2 is 0.720 bits per heavy atom. The van der Waals surface area contributed by atoms with Crippen LogP contribution in [0.4, 0.5) is 0 Å². The van der Waals surface area contributed by atoms with Crippen LogP contribution in [0.25, 0.3) is 0 Å². The Balaban J connectivity index is 4.65. The van der Waals surface area contributed by atoms with Gasteiger partial charge in [0.05, 0.1) is 27.8 Å². The fourth-order valence-corrected chi connectivity index (χ4v) is 2.93. The van der Waals surface area contributed by atoms with E-state index in [9.17, 15) is 32.4 Å². The zero-order valence-electron chi connectivity index (χ0n) is 11.4. The fourth-order valence-electron chi connectivity index (χ4n) is 2.03. The minimum atomic E-state index is -5.79. The summed E-state index contributed by atoms with van der Waals surface area (Å²) in [7, 11) is -5.79. The van der Waals surface area contributed by atoms with E-state index in [0.29, 0.717) is 0 Å². The summed E-state index contributed by atoms with van der Waals surface area (Å²) >= 11 is 0. The van der Waals surface area contributed by atoms with Crippen LogP contribution in [-0.2, 0) is 10.1 Å². The first-order valence-electron chi connectivity index (χ1n) is 5.61. The van der Waals surface area contributed by atoms with Gasteiger partial charge in [0.15, 0.2) is 0 Å². The van der Waals surface area contributed by atoms with Crippen LogP contribution in [0.2, 0.25) is 0 Å². The van der Waals surface area contributed by atoms with E-state index in [0.717, 1.165) is 0 Å². The smallest absolute Gasteiger partial charge is 0.338 e. The molecule has 0 atom stereocenters. The van der Waals surface area contributed by atoms with E-state index in [1.165, 1.54) is 0 Å². The maximum atomic E-state index is 11.4. The highest BCUT2D eigenvalue weighted by Gasteiger charge is 2.42. The molecule has 0 amide bonds. The molecular weight excluding hydrogens is 372 g/mol. The van der Waals surface area contributed by atoms with Gasteiger partial charge in [-0.05, 0) is 0 Å². The molecule has 134 valence electrons. The molecule has 0 aliphatic carbocycles. The van der Waals surface area contributed by atoms with Gasteiger partial charge in [0.2, 0.25) is 0 Å². The monoisotopic (exact) mass is 378 g/mol. The summed E-state index contributed by atoms with van der Waals surface area (Å²) in [6.07, 6.45) is 0. The van der Waals surface area contributed by atoms with E-state index in [4.69, 9.17) is 30.1 Å². The number of carbonyl (C=O) groups is 5. The van der Waals surface area contributed by atoms with Gasteiger partial charge in [-0.1, -0.05) is 0 Å². The van der Waals surface area contributed by atoms with Gasteiger partial charge in [-0.2, -0.15) is 8.42 Å². The minimum Gasteiger partial charge on any atom is -0.478 e. The third-order valence-corrected chi connectivity index (χ3v) is 3.71. The molecule has 0 aliphatic rings. The highest BCUT2D eigenvalue weighted by Crippen LogP contribution is 2.32. The molecule has 0 heterocycles. The van der Waals surface area contributed by atoms with E-state index in [1.54, 1.807) is 0 Å². The number of carboxylic acid groups (broad SMARTS) is 5. The number of aromatic carboxylic acids is 5. The van der Waals surface area contributed by atoms with Gasteiger partial charge in [0.25, 0.3) is 10.1 Å². The van der Waals surface area contributed by atoms with Crippen molar-refractivity contribution < 1.29 is 62.5 Å². The quantitative estimate of drug-likeness (QED) is 0.340. The Morgan fingerprint density at radius 3 is 0.880 bits per heavy atom. The van der Waals surface area contributed by atoms with Crippen LogP contribution < -0.4 is 0 Å². The Kier molecular flexibility index (Phi) is 4.82. The zero-order chi connectivity index (χ0) is 19.9. The first-order chi connectivity index (χ1) is 11.2. The lowest BCUT2D eigenvalue weighted by Gasteiger charge is -2.16. The van der Waals surface area contributed by atoms with Gasteiger partial charge >= 0.3 is 29.8 Å². The van der Waals surface area contributed by atoms with Gasteiger partial charge < -0.3 is 25.5 Å². The second-order valence-electron chi connectivity index (χ2n) is 4.20. The molecule has 0 bridgehead atoms. The van der Waals surface area contributed by atoms with Crippen molar-refractivity contribution >= 4 is 40.0 Å². The van der Waals surface area contributed by atoms with Crippen LogP contribution in [0.15, 0.2) is 4.90 Å². The van der Waals surface area contributed by atoms with Crippen molar-refractivity contribution in [2.75, 3.05) is 0 Å². The Morgan fingerprint density at radius 1 is 0.520 bits per heavy atom. The molecule has 0 fully saturated rings. The van der Waals surface area contributed by atoms with E-state index in [1.807, 2.05) is 0 Å². The number of rotatable bonds is 6. The van der Waals surface area contributed by atoms with Crippen LogP contribution in [0.5, 0.6) is 0 Å². The summed E-state index contributed by atoms with van der Waals surface area (Å²) in [5.74, 6) is -11.9. The second kappa shape index (κ2) is 6.17. The molecule has 14 heteroatoms. The molecule has 1 rings (SSSR count). The third-order valence-electron chi connectivity index (χ3n) is 2.78. The van der Waals surface area contributed by atoms with Gasteiger partial charge in [-0.25, -0.2) is 24.0 Å². The van der Waals surface area contributed by atoms with E-state index in [2.05, 4.69) is 0 Å². The van der Waals surface area contributed by atoms with Gasteiger partial charge in [0, 0.05) is 0 Å². The number of hydrogen-bond donors (Lipinski definition) is 6. The molecule has 1 aromatic rings. The largest absolute Gasteiger partial charge is 0.478 e. The summed E-state index contributed by atoms with van der Waals surface area (Å²) < 4.78 is 31.9. The normalized spacial score (nSPS) is 10.9. The number of carboxylic acids is 5. The van der Waals surface area contributed by atoms with Crippen LogP contribution in [0.3, 0.4) is 0 Å². The van der Waals surface area contributed by atoms with Crippen molar-refractivity contribution in [2.24, 2.45) is 0 Å². The average Bonchev–Trinajstić information content (AvgIpc) is 2.41. The highest BCUT2D eigenvalue weighted by atomic mass is 32.2. The Hall–Kier alpha value is -3.52. The van der Waals surface area contributed by atoms with Gasteiger partial charge in [-0.3, -0.25) is 4.55 Å².